The molecule has 0 heterocycles. The molecule has 0 aliphatic heterocycles. The van der Waals surface area contributed by atoms with Gasteiger partial charge in [-0.2, -0.15) is 10.2 Å². The number of non-ortho nitro benzene ring substituents is 2. The van der Waals surface area contributed by atoms with Crippen LogP contribution in [0.3, 0.4) is 0 Å². The topological polar surface area (TPSA) is 210 Å². The maximum absolute atomic E-state index is 12.0. The Kier molecular flexibility index (Phi) is 12.3. The number of hydrogen-bond acceptors (Lipinski definition) is 12. The van der Waals surface area contributed by atoms with E-state index in [9.17, 15) is 40.0 Å². The van der Waals surface area contributed by atoms with Gasteiger partial charge in [0.15, 0.2) is 0 Å². The van der Waals surface area contributed by atoms with Crippen LogP contribution in [0.15, 0.2) is 107 Å². The third-order valence-corrected chi connectivity index (χ3v) is 6.69. The molecule has 48 heavy (non-hydrogen) atoms. The van der Waals surface area contributed by atoms with Crippen molar-refractivity contribution in [2.24, 2.45) is 10.2 Å². The molecule has 0 amide bonds. The number of aromatic hydroxyl groups is 2. The summed E-state index contributed by atoms with van der Waals surface area (Å²) < 4.78 is 0. The van der Waals surface area contributed by atoms with Crippen molar-refractivity contribution in [2.45, 2.75) is 0 Å². The summed E-state index contributed by atoms with van der Waals surface area (Å²) in [6, 6.07) is 21.5. The molecule has 14 nitrogen and oxygen atoms in total. The number of carbonyl (C=O) groups excluding carboxylic acids is 2. The standard InChI is InChI=1S/2C16H11N3O4.Cr.Li/c2*20-14-8-6-11(19(22)23)9-13(14)17-18-16-12-4-2-1-3-10(12)5-7-15(16)21;;/h2*1-9,17,20H;;/q;;;+1/b2*18-16-;;. The van der Waals surface area contributed by atoms with Gasteiger partial charge in [0.25, 0.3) is 11.4 Å². The van der Waals surface area contributed by atoms with E-state index < -0.39 is 9.85 Å². The average molecular weight is 677 g/mol. The maximum Gasteiger partial charge on any atom is 1.00 e. The van der Waals surface area contributed by atoms with E-state index in [1.54, 1.807) is 36.4 Å². The molecule has 4 N–H and O–H groups in total. The van der Waals surface area contributed by atoms with Crippen molar-refractivity contribution in [1.82, 2.24) is 0 Å². The van der Waals surface area contributed by atoms with Crippen molar-refractivity contribution in [2.75, 3.05) is 10.9 Å². The molecule has 0 saturated heterocycles. The molecule has 6 rings (SSSR count). The van der Waals surface area contributed by atoms with Crippen LogP contribution in [-0.4, -0.2) is 43.0 Å². The minimum absolute atomic E-state index is 0. The third-order valence-electron chi connectivity index (χ3n) is 6.69. The Bertz CT molecular complexity index is 1900. The van der Waals surface area contributed by atoms with Gasteiger partial charge in [0.2, 0.25) is 11.6 Å². The van der Waals surface area contributed by atoms with Gasteiger partial charge in [0.05, 0.1) is 9.85 Å². The number of nitrogens with zero attached hydrogens (tertiary/aromatic N) is 4. The number of phenolic OH excluding ortho intramolecular Hbond substituents is 2. The molecule has 0 spiro atoms. The number of nitro groups is 2. The van der Waals surface area contributed by atoms with E-state index in [4.69, 9.17) is 0 Å². The van der Waals surface area contributed by atoms with Gasteiger partial charge >= 0.3 is 18.9 Å². The van der Waals surface area contributed by atoms with Crippen LogP contribution in [0, 0.1) is 20.2 Å². The van der Waals surface area contributed by atoms with Gasteiger partial charge in [0.1, 0.15) is 34.3 Å². The Morgan fingerprint density at radius 2 is 0.958 bits per heavy atom. The summed E-state index contributed by atoms with van der Waals surface area (Å²) >= 11 is 0. The van der Waals surface area contributed by atoms with E-state index >= 15 is 0 Å². The van der Waals surface area contributed by atoms with E-state index in [0.29, 0.717) is 11.1 Å². The van der Waals surface area contributed by atoms with Gasteiger partial charge in [-0.05, 0) is 35.4 Å². The molecule has 0 unspecified atom stereocenters. The van der Waals surface area contributed by atoms with Crippen LogP contribution in [0.2, 0.25) is 0 Å². The number of anilines is 2. The Morgan fingerprint density at radius 1 is 0.583 bits per heavy atom. The summed E-state index contributed by atoms with van der Waals surface area (Å²) in [6.45, 7) is 0. The molecule has 0 bridgehead atoms. The summed E-state index contributed by atoms with van der Waals surface area (Å²) in [4.78, 5) is 44.4. The summed E-state index contributed by atoms with van der Waals surface area (Å²) in [6.07, 6.45) is 6.19. The molecule has 4 aromatic rings. The number of allylic oxidation sites excluding steroid dienone is 2. The molecule has 0 radical (unpaired) electrons. The maximum atomic E-state index is 12.0. The van der Waals surface area contributed by atoms with E-state index in [1.807, 2.05) is 24.3 Å². The summed E-state index contributed by atoms with van der Waals surface area (Å²) in [5.41, 5.74) is 8.10. The zero-order chi connectivity index (χ0) is 32.8. The number of benzene rings is 4. The summed E-state index contributed by atoms with van der Waals surface area (Å²) in [5, 5.41) is 49.1. The van der Waals surface area contributed by atoms with Gasteiger partial charge in [0, 0.05) is 52.8 Å². The second kappa shape index (κ2) is 16.1. The number of fused-ring (bicyclic) bond motifs is 2. The van der Waals surface area contributed by atoms with Crippen LogP contribution >= 0.6 is 0 Å². The summed E-state index contributed by atoms with van der Waals surface area (Å²) in [7, 11) is 0. The van der Waals surface area contributed by atoms with Crippen molar-refractivity contribution in [3.63, 3.8) is 0 Å². The van der Waals surface area contributed by atoms with Gasteiger partial charge < -0.3 is 10.2 Å². The van der Waals surface area contributed by atoms with Crippen molar-refractivity contribution < 1.29 is 65.9 Å². The molecular weight excluding hydrogens is 655 g/mol. The minimum Gasteiger partial charge on any atom is -0.506 e. The first-order valence-electron chi connectivity index (χ1n) is 13.4. The molecule has 16 heteroatoms. The normalized spacial score (nSPS) is 14.0. The Labute approximate surface area is 294 Å². The Balaban J connectivity index is 0.000000250. The molecule has 2 aliphatic carbocycles. The molecule has 0 fully saturated rings. The minimum atomic E-state index is -0.582. The third kappa shape index (κ3) is 8.30. The Morgan fingerprint density at radius 3 is 1.33 bits per heavy atom. The summed E-state index contributed by atoms with van der Waals surface area (Å²) in [5.74, 6) is -0.985. The molecule has 2 aliphatic rings. The van der Waals surface area contributed by atoms with Crippen molar-refractivity contribution in [1.29, 1.82) is 0 Å². The number of nitro benzene ring substituents is 2. The SMILES string of the molecule is O=C1C=Cc2ccccc2/C1=N/Nc1cc([N+](=O)[O-])ccc1O.O=C1C=Cc2ccccc2/C1=N/Nc1cc([N+](=O)[O-])ccc1O.[Cr].[Li+]. The fourth-order valence-corrected chi connectivity index (χ4v) is 4.39. The van der Waals surface area contributed by atoms with Crippen LogP contribution in [-0.2, 0) is 27.0 Å². The number of hydrazone groups is 2. The Hall–Kier alpha value is -5.83. The van der Waals surface area contributed by atoms with Gasteiger partial charge in [-0.1, -0.05) is 60.7 Å². The number of carbonyl (C=O) groups is 2. The fraction of sp³-hybridized carbons (Fsp3) is 0. The first-order chi connectivity index (χ1) is 22.1. The van der Waals surface area contributed by atoms with Crippen LogP contribution in [0.25, 0.3) is 12.2 Å². The molecule has 4 aromatic carbocycles. The predicted molar refractivity (Wildman–Crippen MR) is 171 cm³/mol. The van der Waals surface area contributed by atoms with Crippen LogP contribution in [0.4, 0.5) is 22.7 Å². The number of hydrogen-bond donors (Lipinski definition) is 4. The van der Waals surface area contributed by atoms with Crippen molar-refractivity contribution in [3.05, 3.63) is 140 Å². The van der Waals surface area contributed by atoms with Gasteiger partial charge in [-0.3, -0.25) is 40.7 Å². The molecule has 0 atom stereocenters. The first kappa shape index (κ1) is 36.6. The smallest absolute Gasteiger partial charge is 0.506 e. The number of rotatable bonds is 6. The molecule has 0 aromatic heterocycles. The van der Waals surface area contributed by atoms with Gasteiger partial charge in [-0.15, -0.1) is 0 Å². The van der Waals surface area contributed by atoms with Crippen LogP contribution < -0.4 is 29.7 Å². The first-order valence-corrected chi connectivity index (χ1v) is 13.4. The zero-order valence-corrected chi connectivity index (χ0v) is 26.2. The van der Waals surface area contributed by atoms with E-state index in [-0.39, 0.29) is 93.5 Å². The van der Waals surface area contributed by atoms with Crippen LogP contribution in [0.1, 0.15) is 22.3 Å². The van der Waals surface area contributed by atoms with Crippen LogP contribution in [0.5, 0.6) is 11.5 Å². The second-order valence-corrected chi connectivity index (χ2v) is 9.63. The number of phenols is 2. The predicted octanol–water partition coefficient (Wildman–Crippen LogP) is 2.43. The molecule has 234 valence electrons. The average Bonchev–Trinajstić information content (AvgIpc) is 3.05. The number of nitrogens with one attached hydrogen (secondary N) is 2. The monoisotopic (exact) mass is 677 g/mol. The largest absolute Gasteiger partial charge is 1.00 e. The van der Waals surface area contributed by atoms with Crippen molar-refractivity contribution in [3.8, 4) is 11.5 Å². The fourth-order valence-electron chi connectivity index (χ4n) is 4.39. The number of ketones is 2. The van der Waals surface area contributed by atoms with E-state index in [0.717, 1.165) is 23.3 Å². The van der Waals surface area contributed by atoms with E-state index in [1.165, 1.54) is 36.4 Å². The zero-order valence-electron chi connectivity index (χ0n) is 24.9. The quantitative estimate of drug-likeness (QED) is 0.101. The molecule has 0 saturated carbocycles. The van der Waals surface area contributed by atoms with E-state index in [2.05, 4.69) is 21.1 Å². The molecular formula is C32H22CrLiN6O8+. The van der Waals surface area contributed by atoms with Gasteiger partial charge in [-0.25, -0.2) is 0 Å². The van der Waals surface area contributed by atoms with Crippen molar-refractivity contribution >= 4 is 57.9 Å². The second-order valence-electron chi connectivity index (χ2n) is 9.63.